The fourth-order valence-corrected chi connectivity index (χ4v) is 2.32. The molecular formula is C15H11Cl2N5O2. The molecule has 3 rings (SSSR count). The number of nitrogens with one attached hydrogen (secondary N) is 1. The van der Waals surface area contributed by atoms with Crippen LogP contribution in [0.5, 0.6) is 5.75 Å². The highest BCUT2D eigenvalue weighted by atomic mass is 35.5. The van der Waals surface area contributed by atoms with Gasteiger partial charge in [-0.1, -0.05) is 23.2 Å². The Hall–Kier alpha value is -2.64. The van der Waals surface area contributed by atoms with Crippen LogP contribution < -0.4 is 10.1 Å². The zero-order chi connectivity index (χ0) is 16.9. The Morgan fingerprint density at radius 2 is 2.12 bits per heavy atom. The highest BCUT2D eigenvalue weighted by molar-refractivity contribution is 6.35. The Morgan fingerprint density at radius 1 is 1.25 bits per heavy atom. The molecule has 0 atom stereocenters. The molecule has 0 saturated carbocycles. The minimum absolute atomic E-state index is 0.220. The second kappa shape index (κ2) is 7.29. The third-order valence-corrected chi connectivity index (χ3v) is 3.44. The minimum atomic E-state index is -0.383. The summed E-state index contributed by atoms with van der Waals surface area (Å²) < 4.78 is 6.92. The number of rotatable bonds is 5. The van der Waals surface area contributed by atoms with E-state index < -0.39 is 0 Å². The predicted molar refractivity (Wildman–Crippen MR) is 89.7 cm³/mol. The van der Waals surface area contributed by atoms with Crippen molar-refractivity contribution >= 4 is 34.9 Å². The molecule has 7 nitrogen and oxygen atoms in total. The molecule has 0 fully saturated rings. The van der Waals surface area contributed by atoms with Gasteiger partial charge in [-0.3, -0.25) is 4.79 Å². The zero-order valence-corrected chi connectivity index (χ0v) is 13.7. The number of amides is 1. The van der Waals surface area contributed by atoms with Crippen molar-refractivity contribution in [2.24, 2.45) is 0 Å². The molecule has 2 heterocycles. The van der Waals surface area contributed by atoms with Crippen LogP contribution in [-0.2, 0) is 4.79 Å². The second-order valence-corrected chi connectivity index (χ2v) is 5.47. The van der Waals surface area contributed by atoms with Gasteiger partial charge in [0.25, 0.3) is 5.91 Å². The van der Waals surface area contributed by atoms with Gasteiger partial charge in [-0.25, -0.2) is 14.6 Å². The van der Waals surface area contributed by atoms with Crippen molar-refractivity contribution in [2.45, 2.75) is 0 Å². The third-order valence-electron chi connectivity index (χ3n) is 2.91. The van der Waals surface area contributed by atoms with Gasteiger partial charge in [0.15, 0.2) is 12.4 Å². The van der Waals surface area contributed by atoms with Crippen LogP contribution in [0.4, 0.5) is 5.82 Å². The number of carbonyl (C=O) groups is 1. The smallest absolute Gasteiger partial charge is 0.263 e. The van der Waals surface area contributed by atoms with Crippen LogP contribution in [0.2, 0.25) is 10.0 Å². The van der Waals surface area contributed by atoms with E-state index in [9.17, 15) is 4.79 Å². The summed E-state index contributed by atoms with van der Waals surface area (Å²) in [5.41, 5.74) is 0. The maximum Gasteiger partial charge on any atom is 0.263 e. The highest BCUT2D eigenvalue weighted by Gasteiger charge is 2.09. The highest BCUT2D eigenvalue weighted by Crippen LogP contribution is 2.27. The molecule has 9 heteroatoms. The lowest BCUT2D eigenvalue weighted by molar-refractivity contribution is -0.118. The van der Waals surface area contributed by atoms with E-state index in [0.717, 1.165) is 0 Å². The molecule has 1 N–H and O–H groups in total. The maximum absolute atomic E-state index is 12.0. The molecule has 24 heavy (non-hydrogen) atoms. The molecule has 0 unspecified atom stereocenters. The monoisotopic (exact) mass is 363 g/mol. The van der Waals surface area contributed by atoms with Gasteiger partial charge in [-0.2, -0.15) is 5.10 Å². The fraction of sp³-hybridized carbons (Fsp3) is 0.0667. The van der Waals surface area contributed by atoms with Gasteiger partial charge < -0.3 is 10.1 Å². The van der Waals surface area contributed by atoms with Gasteiger partial charge in [0.2, 0.25) is 0 Å². The van der Waals surface area contributed by atoms with Crippen molar-refractivity contribution in [2.75, 3.05) is 11.9 Å². The van der Waals surface area contributed by atoms with E-state index in [1.165, 1.54) is 12.4 Å². The van der Waals surface area contributed by atoms with Gasteiger partial charge in [0, 0.05) is 23.5 Å². The van der Waals surface area contributed by atoms with E-state index in [2.05, 4.69) is 20.4 Å². The van der Waals surface area contributed by atoms with Gasteiger partial charge >= 0.3 is 0 Å². The van der Waals surface area contributed by atoms with E-state index in [1.807, 2.05) is 0 Å². The fourth-order valence-electron chi connectivity index (χ4n) is 1.86. The molecule has 0 bridgehead atoms. The van der Waals surface area contributed by atoms with Crippen molar-refractivity contribution in [1.82, 2.24) is 19.7 Å². The molecule has 3 aromatic rings. The summed E-state index contributed by atoms with van der Waals surface area (Å²) in [5, 5.41) is 7.50. The van der Waals surface area contributed by atoms with Crippen molar-refractivity contribution in [3.63, 3.8) is 0 Å². The first-order chi connectivity index (χ1) is 11.6. The number of benzene rings is 1. The number of carbonyl (C=O) groups excluding carboxylic acids is 1. The van der Waals surface area contributed by atoms with Crippen molar-refractivity contribution in [3.05, 3.63) is 59.1 Å². The van der Waals surface area contributed by atoms with Crippen LogP contribution in [0, 0.1) is 0 Å². The van der Waals surface area contributed by atoms with Crippen molar-refractivity contribution in [3.8, 4) is 11.6 Å². The SMILES string of the molecule is O=C(COc1ccc(Cl)cc1Cl)Nc1cc(-n2cccn2)ncn1. The lowest BCUT2D eigenvalue weighted by Gasteiger charge is -2.09. The van der Waals surface area contributed by atoms with Crippen molar-refractivity contribution < 1.29 is 9.53 Å². The molecule has 0 aliphatic carbocycles. The lowest BCUT2D eigenvalue weighted by Crippen LogP contribution is -2.21. The lowest BCUT2D eigenvalue weighted by atomic mass is 10.3. The normalized spacial score (nSPS) is 10.4. The molecule has 122 valence electrons. The molecule has 0 aliphatic rings. The molecule has 1 aromatic carbocycles. The summed E-state index contributed by atoms with van der Waals surface area (Å²) in [4.78, 5) is 20.0. The largest absolute Gasteiger partial charge is 0.482 e. The molecule has 0 aliphatic heterocycles. The number of ether oxygens (including phenoxy) is 1. The standard InChI is InChI=1S/C15H11Cl2N5O2/c16-10-2-3-12(11(17)6-10)24-8-15(23)21-13-7-14(19-9-18-13)22-5-1-4-20-22/h1-7,9H,8H2,(H,18,19,21,23). The summed E-state index contributed by atoms with van der Waals surface area (Å²) in [6.07, 6.45) is 4.70. The van der Waals surface area contributed by atoms with Gasteiger partial charge in [-0.15, -0.1) is 0 Å². The first kappa shape index (κ1) is 16.2. The molecule has 0 saturated heterocycles. The number of halogens is 2. The van der Waals surface area contributed by atoms with E-state index in [4.69, 9.17) is 27.9 Å². The predicted octanol–water partition coefficient (Wildman–Crippen LogP) is 2.99. The number of anilines is 1. The van der Waals surface area contributed by atoms with Crippen LogP contribution in [0.25, 0.3) is 5.82 Å². The zero-order valence-electron chi connectivity index (χ0n) is 12.2. The Kier molecular flexibility index (Phi) is 4.93. The van der Waals surface area contributed by atoms with Crippen LogP contribution in [-0.4, -0.2) is 32.3 Å². The summed E-state index contributed by atoms with van der Waals surface area (Å²) in [7, 11) is 0. The average molecular weight is 364 g/mol. The van der Waals surface area contributed by atoms with Crippen LogP contribution >= 0.6 is 23.2 Å². The third kappa shape index (κ3) is 4.01. The molecule has 2 aromatic heterocycles. The molecule has 0 radical (unpaired) electrons. The van der Waals surface area contributed by atoms with Gasteiger partial charge in [0.1, 0.15) is 17.9 Å². The van der Waals surface area contributed by atoms with Gasteiger partial charge in [-0.05, 0) is 24.3 Å². The second-order valence-electron chi connectivity index (χ2n) is 4.62. The molecular weight excluding hydrogens is 353 g/mol. The Labute approximate surface area is 147 Å². The number of hydrogen-bond acceptors (Lipinski definition) is 5. The van der Waals surface area contributed by atoms with Crippen molar-refractivity contribution in [1.29, 1.82) is 0 Å². The minimum Gasteiger partial charge on any atom is -0.482 e. The van der Waals surface area contributed by atoms with Crippen LogP contribution in [0.3, 0.4) is 0 Å². The molecule has 0 spiro atoms. The van der Waals surface area contributed by atoms with E-state index in [-0.39, 0.29) is 12.5 Å². The Bertz CT molecular complexity index is 855. The summed E-state index contributed by atoms with van der Waals surface area (Å²) in [5.74, 6) is 0.862. The Balaban J connectivity index is 1.62. The number of hydrogen-bond donors (Lipinski definition) is 1. The van der Waals surface area contributed by atoms with E-state index >= 15 is 0 Å². The van der Waals surface area contributed by atoms with E-state index in [1.54, 1.807) is 41.3 Å². The van der Waals surface area contributed by atoms with Gasteiger partial charge in [0.05, 0.1) is 5.02 Å². The topological polar surface area (TPSA) is 81.9 Å². The quantitative estimate of drug-likeness (QED) is 0.753. The average Bonchev–Trinajstić information content (AvgIpc) is 3.09. The van der Waals surface area contributed by atoms with E-state index in [0.29, 0.717) is 27.4 Å². The first-order valence-electron chi connectivity index (χ1n) is 6.81. The van der Waals surface area contributed by atoms with Crippen LogP contribution in [0.15, 0.2) is 49.1 Å². The maximum atomic E-state index is 12.0. The summed E-state index contributed by atoms with van der Waals surface area (Å²) in [6.45, 7) is -0.220. The summed E-state index contributed by atoms with van der Waals surface area (Å²) >= 11 is 11.8. The molecule has 1 amide bonds. The summed E-state index contributed by atoms with van der Waals surface area (Å²) in [6, 6.07) is 8.13. The first-order valence-corrected chi connectivity index (χ1v) is 7.57. The Morgan fingerprint density at radius 3 is 2.88 bits per heavy atom. The van der Waals surface area contributed by atoms with Crippen LogP contribution in [0.1, 0.15) is 0 Å². The number of nitrogens with zero attached hydrogens (tertiary/aromatic N) is 4. The number of aromatic nitrogens is 4.